The Balaban J connectivity index is 1.88. The van der Waals surface area contributed by atoms with Gasteiger partial charge >= 0.3 is 0 Å². The van der Waals surface area contributed by atoms with Gasteiger partial charge in [-0.15, -0.1) is 0 Å². The van der Waals surface area contributed by atoms with Crippen molar-refractivity contribution in [1.82, 2.24) is 9.21 Å². The Morgan fingerprint density at radius 1 is 0.811 bits per heavy atom. The van der Waals surface area contributed by atoms with Gasteiger partial charge in [0.2, 0.25) is 21.7 Å². The van der Waals surface area contributed by atoms with E-state index in [1.807, 2.05) is 0 Å². The molecule has 0 unspecified atom stereocenters. The van der Waals surface area contributed by atoms with Crippen molar-refractivity contribution in [2.75, 3.05) is 34.9 Å². The normalized spacial score (nSPS) is 11.3. The molecule has 8 nitrogen and oxygen atoms in total. The smallest absolute Gasteiger partial charge is 0.243 e. The second-order valence-electron chi connectivity index (χ2n) is 8.14. The number of amides is 1. The first kappa shape index (κ1) is 28.6. The molecule has 3 aromatic rings. The highest BCUT2D eigenvalue weighted by molar-refractivity contribution is 7.89. The number of nitrogens with zero attached hydrogens (tertiary/aromatic N) is 2. The van der Waals surface area contributed by atoms with Crippen LogP contribution in [0, 0.1) is 0 Å². The lowest BCUT2D eigenvalue weighted by molar-refractivity contribution is -0.130. The van der Waals surface area contributed by atoms with Crippen LogP contribution in [0.3, 0.4) is 0 Å². The van der Waals surface area contributed by atoms with Crippen molar-refractivity contribution in [2.24, 2.45) is 0 Å². The van der Waals surface area contributed by atoms with Gasteiger partial charge in [0.15, 0.2) is 11.5 Å². The summed E-state index contributed by atoms with van der Waals surface area (Å²) in [6.07, 6.45) is 0. The van der Waals surface area contributed by atoms with Gasteiger partial charge in [0.1, 0.15) is 0 Å². The molecule has 0 saturated heterocycles. The van der Waals surface area contributed by atoms with Gasteiger partial charge in [0.25, 0.3) is 0 Å². The van der Waals surface area contributed by atoms with Crippen LogP contribution in [0.2, 0.25) is 10.0 Å². The molecule has 3 rings (SSSR count). The Morgan fingerprint density at radius 2 is 1.43 bits per heavy atom. The summed E-state index contributed by atoms with van der Waals surface area (Å²) in [5.41, 5.74) is 1.36. The maximum absolute atomic E-state index is 13.5. The first-order valence-electron chi connectivity index (χ1n) is 11.1. The number of halogens is 2. The predicted molar refractivity (Wildman–Crippen MR) is 143 cm³/mol. The van der Waals surface area contributed by atoms with Crippen molar-refractivity contribution < 1.29 is 27.4 Å². The molecule has 0 bridgehead atoms. The lowest BCUT2D eigenvalue weighted by Gasteiger charge is -2.25. The van der Waals surface area contributed by atoms with Crippen molar-refractivity contribution in [3.63, 3.8) is 0 Å². The van der Waals surface area contributed by atoms with Crippen LogP contribution < -0.4 is 14.2 Å². The molecular formula is C26H28Cl2N2O6S. The lowest BCUT2D eigenvalue weighted by atomic mass is 10.1. The minimum atomic E-state index is -4.03. The first-order chi connectivity index (χ1) is 17.6. The summed E-state index contributed by atoms with van der Waals surface area (Å²) < 4.78 is 44.3. The molecule has 0 aliphatic heterocycles. The Hall–Kier alpha value is -2.98. The molecule has 0 radical (unpaired) electrons. The first-order valence-corrected chi connectivity index (χ1v) is 13.3. The SMILES string of the molecule is COc1cc(CN(C)C(=O)CN(Cc2cccc(Cl)c2)S(=O)(=O)c2ccc(Cl)cc2)cc(OC)c1OC. The van der Waals surface area contributed by atoms with Gasteiger partial charge in [-0.2, -0.15) is 4.31 Å². The highest BCUT2D eigenvalue weighted by Crippen LogP contribution is 2.38. The molecule has 0 N–H and O–H groups in total. The molecule has 3 aromatic carbocycles. The van der Waals surface area contributed by atoms with Crippen LogP contribution >= 0.6 is 23.2 Å². The van der Waals surface area contributed by atoms with Crippen LogP contribution in [-0.2, 0) is 27.9 Å². The molecule has 1 amide bonds. The fourth-order valence-corrected chi connectivity index (χ4v) is 5.40. The van der Waals surface area contributed by atoms with Gasteiger partial charge < -0.3 is 19.1 Å². The van der Waals surface area contributed by atoms with Crippen molar-refractivity contribution in [3.8, 4) is 17.2 Å². The van der Waals surface area contributed by atoms with E-state index in [4.69, 9.17) is 37.4 Å². The summed E-state index contributed by atoms with van der Waals surface area (Å²) in [5, 5.41) is 0.869. The van der Waals surface area contributed by atoms with Crippen LogP contribution in [0.4, 0.5) is 0 Å². The number of sulfonamides is 1. The quantitative estimate of drug-likeness (QED) is 0.329. The number of methoxy groups -OCH3 is 3. The minimum Gasteiger partial charge on any atom is -0.493 e. The van der Waals surface area contributed by atoms with E-state index in [2.05, 4.69) is 0 Å². The third-order valence-electron chi connectivity index (χ3n) is 5.58. The number of likely N-dealkylation sites (N-methyl/N-ethyl adjacent to an activating group) is 1. The molecule has 37 heavy (non-hydrogen) atoms. The minimum absolute atomic E-state index is 0.0269. The molecular weight excluding hydrogens is 539 g/mol. The van der Waals surface area contributed by atoms with E-state index in [0.29, 0.717) is 38.4 Å². The average Bonchev–Trinajstić information content (AvgIpc) is 2.87. The zero-order chi connectivity index (χ0) is 27.2. The second-order valence-corrected chi connectivity index (χ2v) is 11.0. The number of carbonyl (C=O) groups is 1. The van der Waals surface area contributed by atoms with E-state index in [1.165, 1.54) is 50.5 Å². The molecule has 11 heteroatoms. The third-order valence-corrected chi connectivity index (χ3v) is 7.87. The summed E-state index contributed by atoms with van der Waals surface area (Å²) in [4.78, 5) is 14.7. The van der Waals surface area contributed by atoms with E-state index in [0.717, 1.165) is 4.31 Å². The van der Waals surface area contributed by atoms with Crippen LogP contribution in [0.1, 0.15) is 11.1 Å². The number of ether oxygens (including phenoxy) is 3. The topological polar surface area (TPSA) is 85.4 Å². The van der Waals surface area contributed by atoms with Crippen LogP contribution in [-0.4, -0.2) is 58.5 Å². The molecule has 198 valence electrons. The molecule has 0 fully saturated rings. The Labute approximate surface area is 227 Å². The van der Waals surface area contributed by atoms with E-state index < -0.39 is 22.5 Å². The maximum Gasteiger partial charge on any atom is 0.243 e. The summed E-state index contributed by atoms with van der Waals surface area (Å²) >= 11 is 12.1. The van der Waals surface area contributed by atoms with Crippen LogP contribution in [0.5, 0.6) is 17.2 Å². The van der Waals surface area contributed by atoms with E-state index in [-0.39, 0.29) is 18.0 Å². The fourth-order valence-electron chi connectivity index (χ4n) is 3.68. The average molecular weight is 567 g/mol. The molecule has 0 aromatic heterocycles. The van der Waals surface area contributed by atoms with Crippen molar-refractivity contribution in [3.05, 3.63) is 81.8 Å². The van der Waals surface area contributed by atoms with Gasteiger partial charge in [-0.3, -0.25) is 4.79 Å². The van der Waals surface area contributed by atoms with Crippen molar-refractivity contribution >= 4 is 39.1 Å². The van der Waals surface area contributed by atoms with Crippen molar-refractivity contribution in [2.45, 2.75) is 18.0 Å². The van der Waals surface area contributed by atoms with Gasteiger partial charge in [-0.25, -0.2) is 8.42 Å². The number of benzene rings is 3. The molecule has 0 aliphatic carbocycles. The summed E-state index contributed by atoms with van der Waals surface area (Å²) in [6.45, 7) is -0.255. The Morgan fingerprint density at radius 3 is 1.97 bits per heavy atom. The summed E-state index contributed by atoms with van der Waals surface area (Å²) in [6, 6.07) is 16.1. The van der Waals surface area contributed by atoms with E-state index in [1.54, 1.807) is 43.4 Å². The highest BCUT2D eigenvalue weighted by Gasteiger charge is 2.28. The fraction of sp³-hybridized carbons (Fsp3) is 0.269. The number of rotatable bonds is 11. The molecule has 0 atom stereocenters. The number of hydrogen-bond acceptors (Lipinski definition) is 6. The Kier molecular flexibility index (Phi) is 9.67. The molecule has 0 spiro atoms. The van der Waals surface area contributed by atoms with Crippen molar-refractivity contribution in [1.29, 1.82) is 0 Å². The Bertz CT molecular complexity index is 1320. The van der Waals surface area contributed by atoms with E-state index in [9.17, 15) is 13.2 Å². The van der Waals surface area contributed by atoms with Crippen LogP contribution in [0.25, 0.3) is 0 Å². The maximum atomic E-state index is 13.5. The van der Waals surface area contributed by atoms with Crippen LogP contribution in [0.15, 0.2) is 65.6 Å². The van der Waals surface area contributed by atoms with E-state index >= 15 is 0 Å². The predicted octanol–water partition coefficient (Wildman–Crippen LogP) is 4.87. The van der Waals surface area contributed by atoms with Gasteiger partial charge in [0.05, 0.1) is 32.8 Å². The van der Waals surface area contributed by atoms with Gasteiger partial charge in [-0.05, 0) is 59.7 Å². The number of hydrogen-bond donors (Lipinski definition) is 0. The second kappa shape index (κ2) is 12.5. The van der Waals surface area contributed by atoms with Gasteiger partial charge in [-0.1, -0.05) is 35.3 Å². The summed E-state index contributed by atoms with van der Waals surface area (Å²) in [5.74, 6) is 0.925. The lowest BCUT2D eigenvalue weighted by Crippen LogP contribution is -2.40. The monoisotopic (exact) mass is 566 g/mol. The van der Waals surface area contributed by atoms with Gasteiger partial charge in [0, 0.05) is 30.2 Å². The number of carbonyl (C=O) groups excluding carboxylic acids is 1. The third kappa shape index (κ3) is 7.07. The highest BCUT2D eigenvalue weighted by atomic mass is 35.5. The zero-order valence-electron chi connectivity index (χ0n) is 20.9. The standard InChI is InChI=1S/C26H28Cl2N2O6S/c1-29(15-19-13-23(34-2)26(36-4)24(14-19)35-3)25(31)17-30(16-18-6-5-7-21(28)12-18)37(32,33)22-10-8-20(27)9-11-22/h5-14H,15-17H2,1-4H3. The summed E-state index contributed by atoms with van der Waals surface area (Å²) in [7, 11) is 2.08. The molecule has 0 saturated carbocycles. The molecule has 0 aliphatic rings. The molecule has 0 heterocycles. The largest absolute Gasteiger partial charge is 0.493 e. The zero-order valence-corrected chi connectivity index (χ0v) is 23.2.